The molecular weight excluding hydrogens is 300 g/mol. The highest BCUT2D eigenvalue weighted by Gasteiger charge is 2.09. The van der Waals surface area contributed by atoms with Crippen molar-refractivity contribution < 1.29 is 9.47 Å². The van der Waals surface area contributed by atoms with Gasteiger partial charge in [-0.25, -0.2) is 4.98 Å². The van der Waals surface area contributed by atoms with Crippen molar-refractivity contribution in [3.05, 3.63) is 78.0 Å². The SMILES string of the molecule is COc1ncc(C#N)cc1-c1ccc(OCc2ccccc2)cc1. The minimum Gasteiger partial charge on any atom is -0.489 e. The molecule has 1 aromatic heterocycles. The molecule has 0 fully saturated rings. The highest BCUT2D eigenvalue weighted by atomic mass is 16.5. The van der Waals surface area contributed by atoms with Crippen molar-refractivity contribution >= 4 is 0 Å². The summed E-state index contributed by atoms with van der Waals surface area (Å²) in [5, 5.41) is 9.04. The first-order valence-electron chi connectivity index (χ1n) is 7.51. The number of nitrogens with zero attached hydrogens (tertiary/aromatic N) is 2. The Bertz CT molecular complexity index is 853. The molecule has 0 N–H and O–H groups in total. The number of methoxy groups -OCH3 is 1. The van der Waals surface area contributed by atoms with Gasteiger partial charge in [-0.05, 0) is 29.3 Å². The van der Waals surface area contributed by atoms with E-state index in [1.807, 2.05) is 54.6 Å². The van der Waals surface area contributed by atoms with Gasteiger partial charge in [0.15, 0.2) is 0 Å². The fraction of sp³-hybridized carbons (Fsp3) is 0.100. The summed E-state index contributed by atoms with van der Waals surface area (Å²) in [5.41, 5.74) is 3.32. The fourth-order valence-corrected chi connectivity index (χ4v) is 2.35. The van der Waals surface area contributed by atoms with Gasteiger partial charge in [0.25, 0.3) is 0 Å². The maximum Gasteiger partial charge on any atom is 0.221 e. The second kappa shape index (κ2) is 7.30. The van der Waals surface area contributed by atoms with Gasteiger partial charge in [0, 0.05) is 11.8 Å². The minimum absolute atomic E-state index is 0.493. The lowest BCUT2D eigenvalue weighted by molar-refractivity contribution is 0.306. The molecule has 0 amide bonds. The average molecular weight is 316 g/mol. The van der Waals surface area contributed by atoms with Crippen LogP contribution in [0.15, 0.2) is 66.9 Å². The zero-order valence-corrected chi connectivity index (χ0v) is 13.3. The van der Waals surface area contributed by atoms with Crippen molar-refractivity contribution in [1.29, 1.82) is 5.26 Å². The molecule has 0 radical (unpaired) electrons. The van der Waals surface area contributed by atoms with Crippen LogP contribution in [0.3, 0.4) is 0 Å². The molecule has 3 aromatic rings. The van der Waals surface area contributed by atoms with Crippen LogP contribution in [-0.2, 0) is 6.61 Å². The molecule has 0 aliphatic rings. The third-order valence-electron chi connectivity index (χ3n) is 3.59. The Morgan fingerprint density at radius 2 is 1.79 bits per heavy atom. The van der Waals surface area contributed by atoms with E-state index in [1.165, 1.54) is 6.20 Å². The van der Waals surface area contributed by atoms with Crippen LogP contribution in [0.2, 0.25) is 0 Å². The number of rotatable bonds is 5. The Morgan fingerprint density at radius 3 is 2.46 bits per heavy atom. The van der Waals surface area contributed by atoms with Crippen LogP contribution in [0.4, 0.5) is 0 Å². The molecule has 0 unspecified atom stereocenters. The van der Waals surface area contributed by atoms with Gasteiger partial charge in [-0.3, -0.25) is 0 Å². The van der Waals surface area contributed by atoms with Crippen LogP contribution in [0, 0.1) is 11.3 Å². The second-order valence-electron chi connectivity index (χ2n) is 5.19. The van der Waals surface area contributed by atoms with E-state index in [1.54, 1.807) is 13.2 Å². The topological polar surface area (TPSA) is 55.1 Å². The van der Waals surface area contributed by atoms with Gasteiger partial charge in [-0.1, -0.05) is 42.5 Å². The van der Waals surface area contributed by atoms with Crippen molar-refractivity contribution in [2.24, 2.45) is 0 Å². The highest BCUT2D eigenvalue weighted by molar-refractivity contribution is 5.70. The number of ether oxygens (including phenoxy) is 2. The Morgan fingerprint density at radius 1 is 1.04 bits per heavy atom. The van der Waals surface area contributed by atoms with E-state index >= 15 is 0 Å². The zero-order chi connectivity index (χ0) is 16.8. The number of aromatic nitrogens is 1. The number of hydrogen-bond acceptors (Lipinski definition) is 4. The molecular formula is C20H16N2O2. The van der Waals surface area contributed by atoms with E-state index in [0.717, 1.165) is 22.4 Å². The molecule has 0 aliphatic carbocycles. The lowest BCUT2D eigenvalue weighted by Gasteiger charge is -2.10. The third kappa shape index (κ3) is 3.53. The van der Waals surface area contributed by atoms with Crippen LogP contribution < -0.4 is 9.47 Å². The molecule has 0 spiro atoms. The van der Waals surface area contributed by atoms with Crippen molar-refractivity contribution in [1.82, 2.24) is 4.98 Å². The van der Waals surface area contributed by atoms with Crippen molar-refractivity contribution in [2.75, 3.05) is 7.11 Å². The maximum atomic E-state index is 9.04. The van der Waals surface area contributed by atoms with Crippen LogP contribution in [-0.4, -0.2) is 12.1 Å². The largest absolute Gasteiger partial charge is 0.489 e. The third-order valence-corrected chi connectivity index (χ3v) is 3.59. The number of benzene rings is 2. The van der Waals surface area contributed by atoms with Crippen LogP contribution >= 0.6 is 0 Å². The lowest BCUT2D eigenvalue weighted by Crippen LogP contribution is -1.95. The molecule has 4 nitrogen and oxygen atoms in total. The molecule has 2 aromatic carbocycles. The number of pyridine rings is 1. The molecule has 24 heavy (non-hydrogen) atoms. The van der Waals surface area contributed by atoms with E-state index in [0.29, 0.717) is 18.1 Å². The monoisotopic (exact) mass is 316 g/mol. The Kier molecular flexibility index (Phi) is 4.73. The van der Waals surface area contributed by atoms with E-state index in [4.69, 9.17) is 14.7 Å². The molecule has 0 aliphatic heterocycles. The minimum atomic E-state index is 0.493. The van der Waals surface area contributed by atoms with Crippen LogP contribution in [0.5, 0.6) is 11.6 Å². The first-order valence-corrected chi connectivity index (χ1v) is 7.51. The van der Waals surface area contributed by atoms with Crippen LogP contribution in [0.1, 0.15) is 11.1 Å². The van der Waals surface area contributed by atoms with E-state index in [9.17, 15) is 0 Å². The first kappa shape index (κ1) is 15.6. The summed E-state index contributed by atoms with van der Waals surface area (Å²) in [5.74, 6) is 1.28. The van der Waals surface area contributed by atoms with Gasteiger partial charge in [0.1, 0.15) is 18.4 Å². The molecule has 0 saturated carbocycles. The Balaban J connectivity index is 1.78. The summed E-state index contributed by atoms with van der Waals surface area (Å²) >= 11 is 0. The summed E-state index contributed by atoms with van der Waals surface area (Å²) in [6.07, 6.45) is 1.50. The molecule has 0 bridgehead atoms. The Hall–Kier alpha value is -3.32. The highest BCUT2D eigenvalue weighted by Crippen LogP contribution is 2.30. The summed E-state index contributed by atoms with van der Waals surface area (Å²) in [7, 11) is 1.56. The van der Waals surface area contributed by atoms with Gasteiger partial charge < -0.3 is 9.47 Å². The number of nitriles is 1. The van der Waals surface area contributed by atoms with E-state index in [-0.39, 0.29) is 0 Å². The number of hydrogen-bond donors (Lipinski definition) is 0. The van der Waals surface area contributed by atoms with Gasteiger partial charge in [-0.2, -0.15) is 5.26 Å². The van der Waals surface area contributed by atoms with Gasteiger partial charge >= 0.3 is 0 Å². The molecule has 0 atom stereocenters. The summed E-state index contributed by atoms with van der Waals surface area (Å²) in [6.45, 7) is 0.523. The van der Waals surface area contributed by atoms with E-state index in [2.05, 4.69) is 11.1 Å². The average Bonchev–Trinajstić information content (AvgIpc) is 2.67. The Labute approximate surface area is 140 Å². The summed E-state index contributed by atoms with van der Waals surface area (Å²) in [6, 6.07) is 21.5. The van der Waals surface area contributed by atoms with Gasteiger partial charge in [0.05, 0.1) is 12.7 Å². The van der Waals surface area contributed by atoms with Crippen LogP contribution in [0.25, 0.3) is 11.1 Å². The normalized spacial score (nSPS) is 10.0. The van der Waals surface area contributed by atoms with E-state index < -0.39 is 0 Å². The molecule has 3 rings (SSSR count). The van der Waals surface area contributed by atoms with Crippen molar-refractivity contribution in [3.63, 3.8) is 0 Å². The quantitative estimate of drug-likeness (QED) is 0.707. The molecule has 0 saturated heterocycles. The molecule has 118 valence electrons. The first-order chi connectivity index (χ1) is 11.8. The summed E-state index contributed by atoms with van der Waals surface area (Å²) < 4.78 is 11.1. The standard InChI is InChI=1S/C20H16N2O2/c1-23-20-19(11-16(12-21)13-22-20)17-7-9-18(10-8-17)24-14-15-5-3-2-4-6-15/h2-11,13H,14H2,1H3. The predicted octanol–water partition coefficient (Wildman–Crippen LogP) is 4.21. The molecule has 1 heterocycles. The van der Waals surface area contributed by atoms with Crippen molar-refractivity contribution in [2.45, 2.75) is 6.61 Å². The lowest BCUT2D eigenvalue weighted by atomic mass is 10.1. The van der Waals surface area contributed by atoms with Crippen molar-refractivity contribution in [3.8, 4) is 28.8 Å². The fourth-order valence-electron chi connectivity index (χ4n) is 2.35. The molecule has 4 heteroatoms. The maximum absolute atomic E-state index is 9.04. The van der Waals surface area contributed by atoms with Gasteiger partial charge in [0.2, 0.25) is 5.88 Å². The second-order valence-corrected chi connectivity index (χ2v) is 5.19. The summed E-state index contributed by atoms with van der Waals surface area (Å²) in [4.78, 5) is 4.17. The smallest absolute Gasteiger partial charge is 0.221 e. The zero-order valence-electron chi connectivity index (χ0n) is 13.3. The van der Waals surface area contributed by atoms with Gasteiger partial charge in [-0.15, -0.1) is 0 Å². The predicted molar refractivity (Wildman–Crippen MR) is 91.7 cm³/mol.